The van der Waals surface area contributed by atoms with E-state index in [9.17, 15) is 9.35 Å². The van der Waals surface area contributed by atoms with Crippen molar-refractivity contribution in [2.45, 2.75) is 16.0 Å². The molecule has 0 aromatic heterocycles. The van der Waals surface area contributed by atoms with Gasteiger partial charge in [-0.15, -0.1) is 0 Å². The molecule has 0 saturated carbocycles. The summed E-state index contributed by atoms with van der Waals surface area (Å²) in [5, 5.41) is 0. The van der Waals surface area contributed by atoms with Crippen molar-refractivity contribution in [1.82, 2.24) is 4.90 Å². The lowest BCUT2D eigenvalue weighted by Gasteiger charge is -2.27. The molecule has 1 aromatic rings. The molecule has 1 rings (SSSR count). The fourth-order valence-corrected chi connectivity index (χ4v) is 2.87. The summed E-state index contributed by atoms with van der Waals surface area (Å²) in [4.78, 5) is 13.7. The molecule has 16 heavy (non-hydrogen) atoms. The number of hydrogen-bond donors (Lipinski definition) is 0. The van der Waals surface area contributed by atoms with Gasteiger partial charge in [0.2, 0.25) is 0 Å². The van der Waals surface area contributed by atoms with Crippen LogP contribution in [0.1, 0.15) is 6.92 Å². The molecule has 3 nitrogen and oxygen atoms in total. The van der Waals surface area contributed by atoms with Crippen LogP contribution in [0.4, 0.5) is 0 Å². The van der Waals surface area contributed by atoms with Crippen LogP contribution in [0.25, 0.3) is 0 Å². The first kappa shape index (κ1) is 13.4. The van der Waals surface area contributed by atoms with Gasteiger partial charge >= 0.3 is 0 Å². The van der Waals surface area contributed by atoms with E-state index < -0.39 is 15.4 Å². The van der Waals surface area contributed by atoms with Gasteiger partial charge in [0, 0.05) is 32.2 Å². The molecule has 0 bridgehead atoms. The van der Waals surface area contributed by atoms with Gasteiger partial charge in [0.1, 0.15) is 0 Å². The van der Waals surface area contributed by atoms with Crippen molar-refractivity contribution in [3.8, 4) is 0 Å². The molecule has 0 saturated heterocycles. The van der Waals surface area contributed by atoms with Crippen LogP contribution in [0, 0.1) is 0 Å². The second kappa shape index (κ2) is 5.08. The predicted octanol–water partition coefficient (Wildman–Crippen LogP) is 1.84. The van der Waals surface area contributed by atoms with E-state index in [1.165, 1.54) is 11.8 Å². The Morgan fingerprint density at radius 1 is 1.38 bits per heavy atom. The van der Waals surface area contributed by atoms with Crippen LogP contribution >= 0.6 is 11.6 Å². The fraction of sp³-hybridized carbons (Fsp3) is 0.364. The number of carbonyl (C=O) groups excluding carboxylic acids is 1. The maximum absolute atomic E-state index is 12.1. The van der Waals surface area contributed by atoms with Crippen molar-refractivity contribution < 1.29 is 9.35 Å². The Hall–Kier alpha value is -0.710. The first-order valence-electron chi connectivity index (χ1n) is 4.75. The van der Waals surface area contributed by atoms with E-state index in [-0.39, 0.29) is 5.91 Å². The maximum Gasteiger partial charge on any atom is 0.294 e. The van der Waals surface area contributed by atoms with Gasteiger partial charge in [-0.25, -0.2) is 0 Å². The molecule has 88 valence electrons. The number of nitrogens with zero attached hydrogens (tertiary/aromatic N) is 1. The van der Waals surface area contributed by atoms with E-state index in [1.54, 1.807) is 38.4 Å². The summed E-state index contributed by atoms with van der Waals surface area (Å²) < 4.78 is 10.7. The van der Waals surface area contributed by atoms with Gasteiger partial charge in [-0.2, -0.15) is 0 Å². The van der Waals surface area contributed by atoms with Crippen LogP contribution < -0.4 is 0 Å². The summed E-state index contributed by atoms with van der Waals surface area (Å²) in [5.41, 5.74) is 0. The Morgan fingerprint density at radius 3 is 2.31 bits per heavy atom. The summed E-state index contributed by atoms with van der Waals surface area (Å²) in [6.45, 7) is 1.47. The summed E-state index contributed by atoms with van der Waals surface area (Å²) in [6.07, 6.45) is 0. The number of amides is 1. The van der Waals surface area contributed by atoms with Crippen LogP contribution in [0.3, 0.4) is 0 Å². The van der Waals surface area contributed by atoms with E-state index >= 15 is 0 Å². The Morgan fingerprint density at radius 2 is 1.88 bits per heavy atom. The number of alkyl halides is 1. The molecule has 0 spiro atoms. The Balaban J connectivity index is 2.97. The molecule has 1 amide bonds. The number of halogens is 1. The first-order chi connectivity index (χ1) is 7.37. The Bertz CT molecular complexity index is 368. The zero-order chi connectivity index (χ0) is 12.3. The summed E-state index contributed by atoms with van der Waals surface area (Å²) in [6, 6.07) is 8.74. The topological polar surface area (TPSA) is 43.4 Å². The quantitative estimate of drug-likeness (QED) is 0.614. The molecular weight excluding hydrogens is 246 g/mol. The second-order valence-electron chi connectivity index (χ2n) is 3.70. The highest BCUT2D eigenvalue weighted by molar-refractivity contribution is 7.95. The summed E-state index contributed by atoms with van der Waals surface area (Å²) in [7, 11) is 3.18. The van der Waals surface area contributed by atoms with Gasteiger partial charge in [0.25, 0.3) is 10.1 Å². The lowest BCUT2D eigenvalue weighted by molar-refractivity contribution is -0.128. The molecule has 2 atom stereocenters. The van der Waals surface area contributed by atoms with E-state index in [0.29, 0.717) is 4.90 Å². The van der Waals surface area contributed by atoms with Gasteiger partial charge in [-0.05, 0) is 12.1 Å². The first-order valence-corrected chi connectivity index (χ1v) is 6.27. The van der Waals surface area contributed by atoms with Crippen LogP contribution in [-0.4, -0.2) is 33.7 Å². The van der Waals surface area contributed by atoms with Gasteiger partial charge in [0.15, 0.2) is 4.90 Å². The van der Waals surface area contributed by atoms with Crippen molar-refractivity contribution >= 4 is 28.7 Å². The van der Waals surface area contributed by atoms with Crippen LogP contribution in [0.15, 0.2) is 35.2 Å². The normalized spacial score (nSPS) is 16.3. The molecule has 0 aliphatic heterocycles. The molecule has 2 unspecified atom stereocenters. The molecule has 0 aliphatic rings. The van der Waals surface area contributed by atoms with Gasteiger partial charge in [0.05, 0.1) is 0 Å². The van der Waals surface area contributed by atoms with Crippen molar-refractivity contribution in [3.63, 3.8) is 0 Å². The lowest BCUT2D eigenvalue weighted by Crippen LogP contribution is -2.45. The summed E-state index contributed by atoms with van der Waals surface area (Å²) >= 11 is 4.51. The van der Waals surface area contributed by atoms with Gasteiger partial charge in [-0.3, -0.25) is 4.79 Å². The van der Waals surface area contributed by atoms with Gasteiger partial charge < -0.3 is 9.45 Å². The van der Waals surface area contributed by atoms with E-state index in [2.05, 4.69) is 0 Å². The number of carbonyl (C=O) groups is 1. The fourth-order valence-electron chi connectivity index (χ4n) is 1.24. The van der Waals surface area contributed by atoms with Crippen molar-refractivity contribution in [1.29, 1.82) is 0 Å². The molecular formula is C11H14ClNO2S. The monoisotopic (exact) mass is 259 g/mol. The van der Waals surface area contributed by atoms with Crippen molar-refractivity contribution in [2.75, 3.05) is 14.1 Å². The summed E-state index contributed by atoms with van der Waals surface area (Å²) in [5.74, 6) is -0.364. The molecule has 0 radical (unpaired) electrons. The standard InChI is InChI=1S/C11H14ClNO2S/c1-11(12,10(14)13(2)3)16(15)9-7-5-4-6-8-9/h4-8H,1-3H3. The molecule has 0 fully saturated rings. The minimum absolute atomic E-state index is 0.364. The van der Waals surface area contributed by atoms with E-state index in [0.717, 1.165) is 0 Å². The SMILES string of the molecule is CN(C)C(=O)C(C)(Cl)[S+]([O-])c1ccccc1. The number of hydrogen-bond acceptors (Lipinski definition) is 2. The number of rotatable bonds is 3. The van der Waals surface area contributed by atoms with Crippen molar-refractivity contribution in [3.05, 3.63) is 30.3 Å². The molecule has 0 N–H and O–H groups in total. The highest BCUT2D eigenvalue weighted by atomic mass is 35.5. The second-order valence-corrected chi connectivity index (χ2v) is 6.50. The molecule has 1 aromatic carbocycles. The van der Waals surface area contributed by atoms with Crippen LogP contribution in [0.5, 0.6) is 0 Å². The third-order valence-corrected chi connectivity index (χ3v) is 4.25. The van der Waals surface area contributed by atoms with E-state index in [4.69, 9.17) is 11.6 Å². The van der Waals surface area contributed by atoms with Crippen LogP contribution in [-0.2, 0) is 16.0 Å². The van der Waals surface area contributed by atoms with E-state index in [1.807, 2.05) is 6.07 Å². The third kappa shape index (κ3) is 2.70. The van der Waals surface area contributed by atoms with Crippen LogP contribution in [0.2, 0.25) is 0 Å². The minimum atomic E-state index is -1.57. The Kier molecular flexibility index (Phi) is 4.24. The largest absolute Gasteiger partial charge is 0.610 e. The zero-order valence-electron chi connectivity index (χ0n) is 9.44. The highest BCUT2D eigenvalue weighted by Gasteiger charge is 2.45. The molecule has 0 aliphatic carbocycles. The smallest absolute Gasteiger partial charge is 0.294 e. The average molecular weight is 260 g/mol. The van der Waals surface area contributed by atoms with Crippen molar-refractivity contribution in [2.24, 2.45) is 0 Å². The lowest BCUT2D eigenvalue weighted by atomic mass is 10.4. The number of benzene rings is 1. The molecule has 5 heteroatoms. The zero-order valence-corrected chi connectivity index (χ0v) is 11.0. The third-order valence-electron chi connectivity index (χ3n) is 2.09. The maximum atomic E-state index is 12.1. The van der Waals surface area contributed by atoms with Gasteiger partial charge in [-0.1, -0.05) is 29.8 Å². The molecule has 0 heterocycles. The minimum Gasteiger partial charge on any atom is -0.610 e. The Labute approximate surface area is 104 Å². The highest BCUT2D eigenvalue weighted by Crippen LogP contribution is 2.30. The predicted molar refractivity (Wildman–Crippen MR) is 65.8 cm³/mol. The average Bonchev–Trinajstić information content (AvgIpc) is 2.28.